The highest BCUT2D eigenvalue weighted by atomic mass is 16.5. The van der Waals surface area contributed by atoms with Gasteiger partial charge in [0.2, 0.25) is 0 Å². The average molecular weight is 311 g/mol. The fourth-order valence-corrected chi connectivity index (χ4v) is 2.08. The highest BCUT2D eigenvalue weighted by Gasteiger charge is 2.14. The molecule has 0 saturated heterocycles. The van der Waals surface area contributed by atoms with Gasteiger partial charge >= 0.3 is 0 Å². The van der Waals surface area contributed by atoms with Gasteiger partial charge in [0.1, 0.15) is 18.1 Å². The third-order valence-electron chi connectivity index (χ3n) is 3.41. The summed E-state index contributed by atoms with van der Waals surface area (Å²) in [5.74, 6) is 0.289. The van der Waals surface area contributed by atoms with E-state index in [0.29, 0.717) is 17.9 Å². The molecule has 0 radical (unpaired) electrons. The first-order valence-corrected chi connectivity index (χ1v) is 7.37. The van der Waals surface area contributed by atoms with Gasteiger partial charge in [-0.15, -0.1) is 0 Å². The molecule has 2 rings (SSSR count). The van der Waals surface area contributed by atoms with Crippen LogP contribution in [0.25, 0.3) is 0 Å². The Morgan fingerprint density at radius 3 is 2.52 bits per heavy atom. The zero-order chi connectivity index (χ0) is 16.8. The summed E-state index contributed by atoms with van der Waals surface area (Å²) in [5.41, 5.74) is 1.87. The van der Waals surface area contributed by atoms with Crippen molar-refractivity contribution < 1.29 is 14.6 Å². The Morgan fingerprint density at radius 1 is 1.17 bits per heavy atom. The van der Waals surface area contributed by atoms with Crippen LogP contribution in [0.5, 0.6) is 11.5 Å². The molecule has 0 spiro atoms. The van der Waals surface area contributed by atoms with Gasteiger partial charge < -0.3 is 14.7 Å². The van der Waals surface area contributed by atoms with Crippen LogP contribution >= 0.6 is 0 Å². The molecular formula is C19H21NO3. The number of ether oxygens (including phenoxy) is 1. The molecule has 0 aliphatic heterocycles. The second-order valence-corrected chi connectivity index (χ2v) is 5.50. The maximum atomic E-state index is 12.1. The number of hydrogen-bond donors (Lipinski definition) is 1. The number of ketones is 1. The van der Waals surface area contributed by atoms with Gasteiger partial charge in [-0.3, -0.25) is 4.79 Å². The van der Waals surface area contributed by atoms with E-state index in [-0.39, 0.29) is 17.1 Å². The SMILES string of the molecule is Cc1c(OCc2ccccc2)ccc(C(=O)C=CN(C)C)c1O. The quantitative estimate of drug-likeness (QED) is 0.655. The Bertz CT molecular complexity index is 706. The number of hydrogen-bond acceptors (Lipinski definition) is 4. The Hall–Kier alpha value is -2.75. The first kappa shape index (κ1) is 16.6. The van der Waals surface area contributed by atoms with Crippen molar-refractivity contribution in [2.24, 2.45) is 0 Å². The van der Waals surface area contributed by atoms with Crippen molar-refractivity contribution in [3.8, 4) is 11.5 Å². The first-order chi connectivity index (χ1) is 11.0. The smallest absolute Gasteiger partial charge is 0.191 e. The molecule has 2 aromatic rings. The standard InChI is InChI=1S/C19H21NO3/c1-14-18(23-13-15-7-5-4-6-8-15)10-9-16(19(14)22)17(21)11-12-20(2)3/h4-12,22H,13H2,1-3H3. The molecule has 4 nitrogen and oxygen atoms in total. The summed E-state index contributed by atoms with van der Waals surface area (Å²) in [4.78, 5) is 13.9. The second kappa shape index (κ2) is 7.49. The summed E-state index contributed by atoms with van der Waals surface area (Å²) in [6.45, 7) is 2.15. The van der Waals surface area contributed by atoms with E-state index >= 15 is 0 Å². The third kappa shape index (κ3) is 4.36. The van der Waals surface area contributed by atoms with Crippen molar-refractivity contribution in [2.75, 3.05) is 14.1 Å². The highest BCUT2D eigenvalue weighted by molar-refractivity contribution is 6.06. The molecule has 0 aliphatic carbocycles. The van der Waals surface area contributed by atoms with Gasteiger partial charge in [0.15, 0.2) is 5.78 Å². The molecule has 0 aromatic heterocycles. The molecule has 0 amide bonds. The van der Waals surface area contributed by atoms with E-state index in [1.807, 2.05) is 44.4 Å². The maximum absolute atomic E-state index is 12.1. The zero-order valence-corrected chi connectivity index (χ0v) is 13.6. The molecule has 0 bridgehead atoms. The van der Waals surface area contributed by atoms with Crippen LogP contribution < -0.4 is 4.74 Å². The van der Waals surface area contributed by atoms with Crippen LogP contribution in [0.15, 0.2) is 54.7 Å². The molecule has 0 unspecified atom stereocenters. The van der Waals surface area contributed by atoms with Gasteiger partial charge in [-0.25, -0.2) is 0 Å². The monoisotopic (exact) mass is 311 g/mol. The Balaban J connectivity index is 2.15. The van der Waals surface area contributed by atoms with E-state index in [1.54, 1.807) is 30.2 Å². The number of carbonyl (C=O) groups is 1. The number of phenols is 1. The molecule has 4 heteroatoms. The molecule has 0 atom stereocenters. The molecule has 0 fully saturated rings. The van der Waals surface area contributed by atoms with Gasteiger partial charge in [-0.2, -0.15) is 0 Å². The predicted octanol–water partition coefficient (Wildman–Crippen LogP) is 3.54. The number of rotatable bonds is 6. The Morgan fingerprint density at radius 2 is 1.87 bits per heavy atom. The average Bonchev–Trinajstić information content (AvgIpc) is 2.55. The predicted molar refractivity (Wildman–Crippen MR) is 90.8 cm³/mol. The second-order valence-electron chi connectivity index (χ2n) is 5.50. The van der Waals surface area contributed by atoms with Crippen LogP contribution in [0.4, 0.5) is 0 Å². The minimum atomic E-state index is -0.242. The summed E-state index contributed by atoms with van der Waals surface area (Å²) >= 11 is 0. The lowest BCUT2D eigenvalue weighted by Crippen LogP contribution is -2.04. The van der Waals surface area contributed by atoms with E-state index in [4.69, 9.17) is 4.74 Å². The van der Waals surface area contributed by atoms with Crippen LogP contribution in [0.3, 0.4) is 0 Å². The number of aromatic hydroxyl groups is 1. The summed E-state index contributed by atoms with van der Waals surface area (Å²) < 4.78 is 5.74. The van der Waals surface area contributed by atoms with E-state index in [9.17, 15) is 9.90 Å². The lowest BCUT2D eigenvalue weighted by atomic mass is 10.0. The normalized spacial score (nSPS) is 10.7. The summed E-state index contributed by atoms with van der Waals surface area (Å²) in [7, 11) is 3.66. The fraction of sp³-hybridized carbons (Fsp3) is 0.211. The van der Waals surface area contributed by atoms with E-state index in [2.05, 4.69) is 0 Å². The number of benzene rings is 2. The van der Waals surface area contributed by atoms with Crippen LogP contribution in [0, 0.1) is 6.92 Å². The number of carbonyl (C=O) groups excluding carboxylic acids is 1. The highest BCUT2D eigenvalue weighted by Crippen LogP contribution is 2.31. The molecule has 0 saturated carbocycles. The van der Waals surface area contributed by atoms with Gasteiger partial charge in [0, 0.05) is 31.9 Å². The van der Waals surface area contributed by atoms with Crippen LogP contribution in [0.2, 0.25) is 0 Å². The van der Waals surface area contributed by atoms with Crippen LogP contribution in [-0.2, 0) is 6.61 Å². The lowest BCUT2D eigenvalue weighted by molar-refractivity contribution is 0.104. The lowest BCUT2D eigenvalue weighted by Gasteiger charge is -2.12. The minimum Gasteiger partial charge on any atom is -0.507 e. The van der Waals surface area contributed by atoms with Gasteiger partial charge in [0.25, 0.3) is 0 Å². The van der Waals surface area contributed by atoms with Crippen LogP contribution in [-0.4, -0.2) is 29.9 Å². The minimum absolute atomic E-state index is 0.0380. The van der Waals surface area contributed by atoms with Crippen molar-refractivity contribution in [3.63, 3.8) is 0 Å². The first-order valence-electron chi connectivity index (χ1n) is 7.37. The summed E-state index contributed by atoms with van der Waals surface area (Å²) in [6.07, 6.45) is 3.08. The van der Waals surface area contributed by atoms with Crippen molar-refractivity contribution >= 4 is 5.78 Å². The zero-order valence-electron chi connectivity index (χ0n) is 13.6. The van der Waals surface area contributed by atoms with Crippen molar-refractivity contribution in [3.05, 3.63) is 71.4 Å². The fourth-order valence-electron chi connectivity index (χ4n) is 2.08. The van der Waals surface area contributed by atoms with Gasteiger partial charge in [0.05, 0.1) is 5.56 Å². The van der Waals surface area contributed by atoms with Crippen molar-refractivity contribution in [1.82, 2.24) is 4.90 Å². The molecule has 0 heterocycles. The largest absolute Gasteiger partial charge is 0.507 e. The van der Waals surface area contributed by atoms with Crippen molar-refractivity contribution in [1.29, 1.82) is 0 Å². The Labute approximate surface area is 136 Å². The molecule has 120 valence electrons. The number of nitrogens with zero attached hydrogens (tertiary/aromatic N) is 1. The molecule has 0 aliphatic rings. The maximum Gasteiger partial charge on any atom is 0.191 e. The number of allylic oxidation sites excluding steroid dienone is 1. The molecular weight excluding hydrogens is 290 g/mol. The summed E-state index contributed by atoms with van der Waals surface area (Å²) in [6, 6.07) is 13.1. The topological polar surface area (TPSA) is 49.8 Å². The molecule has 2 aromatic carbocycles. The van der Waals surface area contributed by atoms with Crippen molar-refractivity contribution in [2.45, 2.75) is 13.5 Å². The molecule has 23 heavy (non-hydrogen) atoms. The third-order valence-corrected chi connectivity index (χ3v) is 3.41. The summed E-state index contributed by atoms with van der Waals surface area (Å²) in [5, 5.41) is 10.3. The van der Waals surface area contributed by atoms with E-state index in [1.165, 1.54) is 6.08 Å². The van der Waals surface area contributed by atoms with E-state index in [0.717, 1.165) is 5.56 Å². The van der Waals surface area contributed by atoms with Gasteiger partial charge in [-0.05, 0) is 24.6 Å². The van der Waals surface area contributed by atoms with Crippen LogP contribution in [0.1, 0.15) is 21.5 Å². The number of phenolic OH excluding ortho intramolecular Hbond substituents is 1. The van der Waals surface area contributed by atoms with E-state index < -0.39 is 0 Å². The van der Waals surface area contributed by atoms with Gasteiger partial charge in [-0.1, -0.05) is 30.3 Å². The Kier molecular flexibility index (Phi) is 5.41. The molecule has 1 N–H and O–H groups in total.